The molecule has 0 rings (SSSR count). The second-order valence-corrected chi connectivity index (χ2v) is 6.20. The molecule has 0 saturated carbocycles. The highest BCUT2D eigenvalue weighted by molar-refractivity contribution is 5.88. The summed E-state index contributed by atoms with van der Waals surface area (Å²) in [6, 6.07) is 0. The molecule has 0 aliphatic carbocycles. The first kappa shape index (κ1) is 31.9. The van der Waals surface area contributed by atoms with Crippen molar-refractivity contribution in [1.29, 1.82) is 0 Å². The van der Waals surface area contributed by atoms with Gasteiger partial charge in [0.15, 0.2) is 5.60 Å². The van der Waals surface area contributed by atoms with Crippen LogP contribution in [0.15, 0.2) is 0 Å². The molecule has 11 nitrogen and oxygen atoms in total. The van der Waals surface area contributed by atoms with Crippen molar-refractivity contribution in [3.05, 3.63) is 0 Å². The van der Waals surface area contributed by atoms with Gasteiger partial charge in [-0.1, -0.05) is 25.7 Å². The molecule has 8 N–H and O–H groups in total. The maximum absolute atomic E-state index is 10.3. The van der Waals surface area contributed by atoms with Crippen LogP contribution >= 0.6 is 0 Å². The van der Waals surface area contributed by atoms with Gasteiger partial charge in [0.05, 0.1) is 12.8 Å². The monoisotopic (exact) mass is 428 g/mol. The minimum atomic E-state index is -2.74. The van der Waals surface area contributed by atoms with E-state index in [2.05, 4.69) is 0 Å². The van der Waals surface area contributed by atoms with Crippen LogP contribution in [0.25, 0.3) is 0 Å². The Bertz CT molecular complexity index is 373. The number of carbonyl (C=O) groups is 3. The minimum Gasteiger partial charge on any atom is -0.481 e. The van der Waals surface area contributed by atoms with E-state index < -0.39 is 36.4 Å². The summed E-state index contributed by atoms with van der Waals surface area (Å²) in [6.45, 7) is 1.13. The first-order valence-corrected chi connectivity index (χ1v) is 9.44. The van der Waals surface area contributed by atoms with Crippen molar-refractivity contribution in [1.82, 2.24) is 0 Å². The molecular weight excluding hydrogens is 392 g/mol. The average Bonchev–Trinajstić information content (AvgIpc) is 2.62. The van der Waals surface area contributed by atoms with E-state index in [9.17, 15) is 14.4 Å². The third-order valence-electron chi connectivity index (χ3n) is 3.42. The fourth-order valence-corrected chi connectivity index (χ4v) is 1.87. The van der Waals surface area contributed by atoms with Crippen LogP contribution in [0.3, 0.4) is 0 Å². The smallest absolute Gasteiger partial charge is 0.336 e. The number of aliphatic carboxylic acids is 3. The minimum absolute atomic E-state index is 0.283. The summed E-state index contributed by atoms with van der Waals surface area (Å²) >= 11 is 0. The van der Waals surface area contributed by atoms with Gasteiger partial charge in [0.1, 0.15) is 0 Å². The van der Waals surface area contributed by atoms with Crippen LogP contribution in [0.4, 0.5) is 0 Å². The van der Waals surface area contributed by atoms with E-state index in [1.165, 1.54) is 0 Å². The van der Waals surface area contributed by atoms with Crippen molar-refractivity contribution >= 4 is 17.9 Å². The van der Waals surface area contributed by atoms with Crippen molar-refractivity contribution in [3.8, 4) is 0 Å². The Morgan fingerprint density at radius 3 is 0.897 bits per heavy atom. The van der Waals surface area contributed by atoms with Gasteiger partial charge in [-0.05, 0) is 25.7 Å². The summed E-state index contributed by atoms with van der Waals surface area (Å²) in [7, 11) is 0. The first-order valence-electron chi connectivity index (χ1n) is 9.44. The molecule has 0 spiro atoms. The quantitative estimate of drug-likeness (QED) is 0.160. The van der Waals surface area contributed by atoms with E-state index in [-0.39, 0.29) is 26.4 Å². The van der Waals surface area contributed by atoms with Gasteiger partial charge in [-0.15, -0.1) is 0 Å². The topological polar surface area (TPSA) is 213 Å². The summed E-state index contributed by atoms with van der Waals surface area (Å²) in [5.74, 6) is -5.02. The molecule has 0 amide bonds. The Hall–Kier alpha value is -1.79. The summed E-state index contributed by atoms with van der Waals surface area (Å²) in [4.78, 5) is 30.5. The summed E-state index contributed by atoms with van der Waals surface area (Å²) in [6.07, 6.45) is 5.37. The molecule has 0 unspecified atom stereocenters. The normalized spacial score (nSPS) is 10.2. The zero-order valence-corrected chi connectivity index (χ0v) is 16.7. The number of unbranched alkanes of at least 4 members (excludes halogenated alkanes) is 6. The number of hydrogen-bond donors (Lipinski definition) is 8. The van der Waals surface area contributed by atoms with Crippen molar-refractivity contribution < 1.29 is 55.2 Å². The van der Waals surface area contributed by atoms with Gasteiger partial charge in [-0.3, -0.25) is 9.59 Å². The number of aliphatic hydroxyl groups excluding tert-OH is 4. The zero-order valence-electron chi connectivity index (χ0n) is 16.7. The maximum atomic E-state index is 10.3. The van der Waals surface area contributed by atoms with E-state index in [0.717, 1.165) is 51.4 Å². The summed E-state index contributed by atoms with van der Waals surface area (Å²) in [5, 5.41) is 67.0. The molecule has 0 fully saturated rings. The second kappa shape index (κ2) is 22.5. The molecule has 29 heavy (non-hydrogen) atoms. The van der Waals surface area contributed by atoms with E-state index in [1.807, 2.05) is 0 Å². The Kier molecular flexibility index (Phi) is 24.7. The Morgan fingerprint density at radius 2 is 0.759 bits per heavy atom. The molecule has 0 bridgehead atoms. The lowest BCUT2D eigenvalue weighted by molar-refractivity contribution is -0.170. The Balaban J connectivity index is -0.000000368. The molecule has 0 atom stereocenters. The Labute approximate surface area is 170 Å². The van der Waals surface area contributed by atoms with E-state index in [1.54, 1.807) is 0 Å². The van der Waals surface area contributed by atoms with Gasteiger partial charge in [0, 0.05) is 26.4 Å². The molecule has 0 aliphatic rings. The number of aliphatic hydroxyl groups is 5. The van der Waals surface area contributed by atoms with Gasteiger partial charge in [-0.2, -0.15) is 0 Å². The summed E-state index contributed by atoms with van der Waals surface area (Å²) < 4.78 is 0. The van der Waals surface area contributed by atoms with Gasteiger partial charge >= 0.3 is 17.9 Å². The average molecular weight is 428 g/mol. The molecule has 11 heteroatoms. The fourth-order valence-electron chi connectivity index (χ4n) is 1.87. The van der Waals surface area contributed by atoms with Crippen LogP contribution < -0.4 is 0 Å². The third kappa shape index (κ3) is 26.2. The number of hydrogen-bond acceptors (Lipinski definition) is 8. The van der Waals surface area contributed by atoms with Crippen LogP contribution in [-0.2, 0) is 14.4 Å². The van der Waals surface area contributed by atoms with Gasteiger partial charge < -0.3 is 40.9 Å². The highest BCUT2D eigenvalue weighted by atomic mass is 16.4. The number of carboxylic acid groups (broad SMARTS) is 3. The third-order valence-corrected chi connectivity index (χ3v) is 3.42. The molecule has 174 valence electrons. The highest BCUT2D eigenvalue weighted by Crippen LogP contribution is 2.15. The van der Waals surface area contributed by atoms with Crippen molar-refractivity contribution in [2.45, 2.75) is 69.8 Å². The van der Waals surface area contributed by atoms with Gasteiger partial charge in [-0.25, -0.2) is 4.79 Å². The molecular formula is C18H36O11. The van der Waals surface area contributed by atoms with Gasteiger partial charge in [0.25, 0.3) is 0 Å². The predicted octanol–water partition coefficient (Wildman–Crippen LogP) is -0.186. The SMILES string of the molecule is O=C(O)CC(O)(CC(=O)O)C(=O)O.OCCCCCCO.OCCCCCCO. The Morgan fingerprint density at radius 1 is 0.517 bits per heavy atom. The first-order chi connectivity index (χ1) is 13.6. The lowest BCUT2D eigenvalue weighted by Gasteiger charge is -2.18. The van der Waals surface area contributed by atoms with Crippen LogP contribution in [0.1, 0.15) is 64.2 Å². The number of rotatable bonds is 15. The van der Waals surface area contributed by atoms with E-state index in [0.29, 0.717) is 0 Å². The molecule has 0 heterocycles. The van der Waals surface area contributed by atoms with Crippen LogP contribution in [0, 0.1) is 0 Å². The van der Waals surface area contributed by atoms with E-state index in [4.69, 9.17) is 40.9 Å². The lowest BCUT2D eigenvalue weighted by Crippen LogP contribution is -2.42. The van der Waals surface area contributed by atoms with Crippen LogP contribution in [0.5, 0.6) is 0 Å². The predicted molar refractivity (Wildman–Crippen MR) is 102 cm³/mol. The van der Waals surface area contributed by atoms with Gasteiger partial charge in [0.2, 0.25) is 0 Å². The fraction of sp³-hybridized carbons (Fsp3) is 0.833. The lowest BCUT2D eigenvalue weighted by atomic mass is 9.96. The van der Waals surface area contributed by atoms with E-state index >= 15 is 0 Å². The molecule has 0 radical (unpaired) electrons. The standard InChI is InChI=1S/C6H8O7.2C6H14O2/c7-3(8)1-6(13,5(11)12)2-4(9)10;2*7-5-3-1-2-4-6-8/h13H,1-2H2,(H,7,8)(H,9,10)(H,11,12);2*7-8H,1-6H2. The summed E-state index contributed by atoms with van der Waals surface area (Å²) in [5.41, 5.74) is -2.74. The maximum Gasteiger partial charge on any atom is 0.336 e. The van der Waals surface area contributed by atoms with Crippen LogP contribution in [-0.4, -0.2) is 90.8 Å². The van der Waals surface area contributed by atoms with Crippen molar-refractivity contribution in [3.63, 3.8) is 0 Å². The molecule has 0 aliphatic heterocycles. The second-order valence-electron chi connectivity index (χ2n) is 6.20. The molecule has 0 aromatic rings. The molecule has 0 aromatic heterocycles. The zero-order chi connectivity index (χ0) is 23.1. The largest absolute Gasteiger partial charge is 0.481 e. The number of carboxylic acids is 3. The highest BCUT2D eigenvalue weighted by Gasteiger charge is 2.40. The molecule has 0 aromatic carbocycles. The van der Waals surface area contributed by atoms with Crippen LogP contribution in [0.2, 0.25) is 0 Å². The van der Waals surface area contributed by atoms with Crippen molar-refractivity contribution in [2.75, 3.05) is 26.4 Å². The van der Waals surface area contributed by atoms with Crippen molar-refractivity contribution in [2.24, 2.45) is 0 Å². The molecule has 0 saturated heterocycles.